The summed E-state index contributed by atoms with van der Waals surface area (Å²) in [5, 5.41) is 8.08. The van der Waals surface area contributed by atoms with Gasteiger partial charge in [0.05, 0.1) is 12.6 Å². The first-order chi connectivity index (χ1) is 3.18. The van der Waals surface area contributed by atoms with Crippen molar-refractivity contribution in [1.82, 2.24) is 0 Å². The van der Waals surface area contributed by atoms with Crippen molar-refractivity contribution >= 4 is 0 Å². The van der Waals surface area contributed by atoms with Crippen LogP contribution in [0, 0.1) is 0 Å². The molecule has 0 amide bonds. The summed E-state index contributed by atoms with van der Waals surface area (Å²) in [7, 11) is 0. The molecule has 0 saturated carbocycles. The van der Waals surface area contributed by atoms with E-state index in [9.17, 15) is 4.39 Å². The first kappa shape index (κ1) is 6.59. The van der Waals surface area contributed by atoms with Crippen molar-refractivity contribution in [2.24, 2.45) is 5.73 Å². The second kappa shape index (κ2) is 2.71. The van der Waals surface area contributed by atoms with Crippen molar-refractivity contribution in [3.63, 3.8) is 0 Å². The number of nitrogens with two attached hydrogens (primary N) is 1. The van der Waals surface area contributed by atoms with E-state index >= 15 is 0 Å². The Morgan fingerprint density at radius 3 is 2.43 bits per heavy atom. The van der Waals surface area contributed by atoms with E-state index in [1.807, 2.05) is 0 Å². The fraction of sp³-hybridized carbons (Fsp3) is 0.500. The van der Waals surface area contributed by atoms with Crippen molar-refractivity contribution in [3.8, 4) is 0 Å². The minimum absolute atomic E-state index is 0.380. The Balaban J connectivity index is 3.34. The fourth-order valence-electron chi connectivity index (χ4n) is 0.0991. The Hall–Kier alpha value is -0.410. The number of aliphatic hydroxyl groups excluding tert-OH is 1. The lowest BCUT2D eigenvalue weighted by molar-refractivity contribution is 0.266. The number of rotatable bonds is 2. The third-order valence-corrected chi connectivity index (χ3v) is 0.599. The predicted molar refractivity (Wildman–Crippen MR) is 25.3 cm³/mol. The quantitative estimate of drug-likeness (QED) is 0.510. The third-order valence-electron chi connectivity index (χ3n) is 0.599. The Labute approximate surface area is 41.4 Å². The van der Waals surface area contributed by atoms with E-state index in [4.69, 9.17) is 10.8 Å². The van der Waals surface area contributed by atoms with Gasteiger partial charge in [-0.25, -0.2) is 4.39 Å². The molecule has 0 aromatic carbocycles. The Bertz CT molecular complexity index is 74.1. The molecule has 1 unspecified atom stereocenters. The zero-order chi connectivity index (χ0) is 5.86. The molecule has 0 spiro atoms. The van der Waals surface area contributed by atoms with Crippen LogP contribution in [-0.4, -0.2) is 17.8 Å². The number of hydrogen-bond acceptors (Lipinski definition) is 2. The van der Waals surface area contributed by atoms with Crippen LogP contribution in [0.3, 0.4) is 0 Å². The van der Waals surface area contributed by atoms with Gasteiger partial charge in [0, 0.05) is 0 Å². The van der Waals surface area contributed by atoms with Gasteiger partial charge in [-0.3, -0.25) is 0 Å². The summed E-state index contributed by atoms with van der Waals surface area (Å²) in [5.41, 5.74) is 4.89. The molecule has 0 aromatic rings. The summed E-state index contributed by atoms with van der Waals surface area (Å²) in [4.78, 5) is 0. The molecule has 0 heterocycles. The van der Waals surface area contributed by atoms with Crippen LogP contribution in [-0.2, 0) is 0 Å². The summed E-state index contributed by atoms with van der Waals surface area (Å²) in [6.07, 6.45) is 0. The highest BCUT2D eigenvalue weighted by Gasteiger charge is 2.01. The maximum atomic E-state index is 11.6. The SMILES string of the molecule is C=C(F)C(N)CO. The Morgan fingerprint density at radius 2 is 2.43 bits per heavy atom. The van der Waals surface area contributed by atoms with Crippen LogP contribution < -0.4 is 5.73 Å². The first-order valence-electron chi connectivity index (χ1n) is 1.89. The zero-order valence-corrected chi connectivity index (χ0v) is 3.89. The highest BCUT2D eigenvalue weighted by molar-refractivity contribution is 4.91. The Kier molecular flexibility index (Phi) is 2.55. The molecule has 3 heteroatoms. The number of hydrogen-bond donors (Lipinski definition) is 2. The number of aliphatic hydroxyl groups is 1. The predicted octanol–water partition coefficient (Wildman–Crippen LogP) is -0.211. The minimum atomic E-state index is -0.903. The van der Waals surface area contributed by atoms with Gasteiger partial charge < -0.3 is 10.8 Å². The van der Waals surface area contributed by atoms with Gasteiger partial charge in [-0.05, 0) is 0 Å². The lowest BCUT2D eigenvalue weighted by Gasteiger charge is -1.99. The summed E-state index contributed by atoms with van der Waals surface area (Å²) in [6, 6.07) is -0.903. The van der Waals surface area contributed by atoms with E-state index in [0.717, 1.165) is 0 Å². The van der Waals surface area contributed by atoms with E-state index in [0.29, 0.717) is 0 Å². The molecular formula is C4H8FNO. The van der Waals surface area contributed by atoms with Crippen molar-refractivity contribution in [2.45, 2.75) is 6.04 Å². The van der Waals surface area contributed by atoms with Gasteiger partial charge in [0.2, 0.25) is 0 Å². The molecular weight excluding hydrogens is 97.0 g/mol. The zero-order valence-electron chi connectivity index (χ0n) is 3.89. The number of halogens is 1. The molecule has 2 nitrogen and oxygen atoms in total. The summed E-state index contributed by atoms with van der Waals surface area (Å²) >= 11 is 0. The molecule has 0 fully saturated rings. The maximum Gasteiger partial charge on any atom is 0.112 e. The van der Waals surface area contributed by atoms with Gasteiger partial charge in [-0.1, -0.05) is 6.58 Å². The smallest absolute Gasteiger partial charge is 0.112 e. The van der Waals surface area contributed by atoms with E-state index in [-0.39, 0.29) is 6.61 Å². The van der Waals surface area contributed by atoms with Gasteiger partial charge in [-0.15, -0.1) is 0 Å². The van der Waals surface area contributed by atoms with Crippen LogP contribution in [0.15, 0.2) is 12.4 Å². The molecule has 0 rings (SSSR count). The highest BCUT2D eigenvalue weighted by atomic mass is 19.1. The normalized spacial score (nSPS) is 13.6. The van der Waals surface area contributed by atoms with E-state index < -0.39 is 11.9 Å². The van der Waals surface area contributed by atoms with Gasteiger partial charge >= 0.3 is 0 Å². The Morgan fingerprint density at radius 1 is 2.00 bits per heavy atom. The van der Waals surface area contributed by atoms with Crippen molar-refractivity contribution in [2.75, 3.05) is 6.61 Å². The fourth-order valence-corrected chi connectivity index (χ4v) is 0.0991. The monoisotopic (exact) mass is 105 g/mol. The van der Waals surface area contributed by atoms with Crippen LogP contribution in [0.1, 0.15) is 0 Å². The van der Waals surface area contributed by atoms with Gasteiger partial charge in [0.15, 0.2) is 0 Å². The molecule has 0 aromatic heterocycles. The molecule has 0 aliphatic rings. The second-order valence-corrected chi connectivity index (χ2v) is 1.24. The van der Waals surface area contributed by atoms with Crippen LogP contribution in [0.5, 0.6) is 0 Å². The molecule has 0 bridgehead atoms. The summed E-state index contributed by atoms with van der Waals surface area (Å²) in [6.45, 7) is 2.49. The summed E-state index contributed by atoms with van der Waals surface area (Å²) in [5.74, 6) is -0.678. The molecule has 0 aliphatic carbocycles. The summed E-state index contributed by atoms with van der Waals surface area (Å²) < 4.78 is 11.6. The average Bonchev–Trinajstić information content (AvgIpc) is 1.65. The molecule has 0 saturated heterocycles. The minimum Gasteiger partial charge on any atom is -0.394 e. The van der Waals surface area contributed by atoms with Gasteiger partial charge in [-0.2, -0.15) is 0 Å². The molecule has 1 atom stereocenters. The van der Waals surface area contributed by atoms with Crippen LogP contribution >= 0.6 is 0 Å². The van der Waals surface area contributed by atoms with Gasteiger partial charge in [0.1, 0.15) is 5.83 Å². The topological polar surface area (TPSA) is 46.2 Å². The average molecular weight is 105 g/mol. The maximum absolute atomic E-state index is 11.6. The molecule has 0 aliphatic heterocycles. The second-order valence-electron chi connectivity index (χ2n) is 1.24. The van der Waals surface area contributed by atoms with Crippen LogP contribution in [0.2, 0.25) is 0 Å². The lowest BCUT2D eigenvalue weighted by Crippen LogP contribution is -2.24. The molecule has 3 N–H and O–H groups in total. The third kappa shape index (κ3) is 2.31. The van der Waals surface area contributed by atoms with Crippen molar-refractivity contribution in [1.29, 1.82) is 0 Å². The van der Waals surface area contributed by atoms with E-state index in [1.54, 1.807) is 0 Å². The van der Waals surface area contributed by atoms with Crippen LogP contribution in [0.4, 0.5) is 4.39 Å². The first-order valence-corrected chi connectivity index (χ1v) is 1.89. The van der Waals surface area contributed by atoms with E-state index in [2.05, 4.69) is 6.58 Å². The molecule has 42 valence electrons. The van der Waals surface area contributed by atoms with Crippen molar-refractivity contribution < 1.29 is 9.50 Å². The lowest BCUT2D eigenvalue weighted by atomic mass is 10.3. The largest absolute Gasteiger partial charge is 0.394 e. The van der Waals surface area contributed by atoms with Crippen LogP contribution in [0.25, 0.3) is 0 Å². The standard InChI is InChI=1S/C4H8FNO/c1-3(5)4(6)2-7/h4,7H,1-2,6H2. The molecule has 0 radical (unpaired) electrons. The van der Waals surface area contributed by atoms with Gasteiger partial charge in [0.25, 0.3) is 0 Å². The van der Waals surface area contributed by atoms with E-state index in [1.165, 1.54) is 0 Å². The molecule has 7 heavy (non-hydrogen) atoms. The highest BCUT2D eigenvalue weighted by Crippen LogP contribution is 1.93. The van der Waals surface area contributed by atoms with Crippen molar-refractivity contribution in [3.05, 3.63) is 12.4 Å².